The summed E-state index contributed by atoms with van der Waals surface area (Å²) in [4.78, 5) is 26.6. The SMILES string of the molecule is CCn1ccn(Cc2cccc(C(=O)O)n2)c1=O. The molecule has 0 unspecified atom stereocenters. The highest BCUT2D eigenvalue weighted by atomic mass is 16.4. The van der Waals surface area contributed by atoms with Crippen LogP contribution >= 0.6 is 0 Å². The zero-order valence-corrected chi connectivity index (χ0v) is 9.91. The molecular weight excluding hydrogens is 234 g/mol. The lowest BCUT2D eigenvalue weighted by Crippen LogP contribution is -2.24. The zero-order valence-electron chi connectivity index (χ0n) is 9.91. The topological polar surface area (TPSA) is 77.1 Å². The Bertz CT molecular complexity index is 627. The Hall–Kier alpha value is -2.37. The van der Waals surface area contributed by atoms with Gasteiger partial charge < -0.3 is 5.11 Å². The Morgan fingerprint density at radius 2 is 2.06 bits per heavy atom. The van der Waals surface area contributed by atoms with Crippen LogP contribution in [0, 0.1) is 0 Å². The Balaban J connectivity index is 2.28. The number of hydrogen-bond donors (Lipinski definition) is 1. The summed E-state index contributed by atoms with van der Waals surface area (Å²) in [5, 5.41) is 8.84. The molecule has 94 valence electrons. The molecule has 0 fully saturated rings. The van der Waals surface area contributed by atoms with Crippen LogP contribution in [0.15, 0.2) is 35.4 Å². The number of hydrogen-bond acceptors (Lipinski definition) is 3. The van der Waals surface area contributed by atoms with Crippen LogP contribution in [0.4, 0.5) is 0 Å². The molecule has 0 bridgehead atoms. The minimum absolute atomic E-state index is 0.0181. The molecule has 0 saturated carbocycles. The van der Waals surface area contributed by atoms with Gasteiger partial charge in [0.05, 0.1) is 12.2 Å². The number of imidazole rings is 1. The molecule has 0 spiro atoms. The molecule has 0 aliphatic heterocycles. The van der Waals surface area contributed by atoms with Crippen molar-refractivity contribution in [1.29, 1.82) is 0 Å². The van der Waals surface area contributed by atoms with Crippen molar-refractivity contribution in [2.45, 2.75) is 20.0 Å². The highest BCUT2D eigenvalue weighted by Gasteiger charge is 2.07. The highest BCUT2D eigenvalue weighted by Crippen LogP contribution is 2.01. The monoisotopic (exact) mass is 247 g/mol. The number of rotatable bonds is 4. The molecule has 0 aliphatic carbocycles. The molecule has 2 heterocycles. The van der Waals surface area contributed by atoms with E-state index in [1.54, 1.807) is 29.1 Å². The molecule has 0 radical (unpaired) electrons. The summed E-state index contributed by atoms with van der Waals surface area (Å²) in [5.41, 5.74) is 0.404. The maximum absolute atomic E-state index is 11.8. The second-order valence-electron chi connectivity index (χ2n) is 3.81. The number of carboxylic acid groups (broad SMARTS) is 1. The van der Waals surface area contributed by atoms with Gasteiger partial charge in [-0.05, 0) is 19.1 Å². The minimum Gasteiger partial charge on any atom is -0.477 e. The number of carboxylic acids is 1. The van der Waals surface area contributed by atoms with E-state index in [0.717, 1.165) is 0 Å². The van der Waals surface area contributed by atoms with E-state index in [4.69, 9.17) is 5.11 Å². The molecule has 2 aromatic rings. The average Bonchev–Trinajstić information content (AvgIpc) is 2.71. The van der Waals surface area contributed by atoms with Crippen molar-refractivity contribution in [3.63, 3.8) is 0 Å². The van der Waals surface area contributed by atoms with Crippen molar-refractivity contribution in [2.75, 3.05) is 0 Å². The molecule has 0 aliphatic rings. The van der Waals surface area contributed by atoms with E-state index in [1.165, 1.54) is 10.6 Å². The van der Waals surface area contributed by atoms with Crippen LogP contribution in [0.5, 0.6) is 0 Å². The van der Waals surface area contributed by atoms with Crippen LogP contribution in [0.1, 0.15) is 23.1 Å². The summed E-state index contributed by atoms with van der Waals surface area (Å²) in [5.74, 6) is -1.07. The van der Waals surface area contributed by atoms with E-state index < -0.39 is 5.97 Å². The van der Waals surface area contributed by atoms with Crippen LogP contribution < -0.4 is 5.69 Å². The van der Waals surface area contributed by atoms with Gasteiger partial charge >= 0.3 is 11.7 Å². The molecule has 0 aromatic carbocycles. The number of carbonyl (C=O) groups is 1. The minimum atomic E-state index is -1.07. The van der Waals surface area contributed by atoms with Crippen molar-refractivity contribution in [1.82, 2.24) is 14.1 Å². The lowest BCUT2D eigenvalue weighted by atomic mass is 10.3. The molecule has 1 N–H and O–H groups in total. The lowest BCUT2D eigenvalue weighted by Gasteiger charge is -2.02. The van der Waals surface area contributed by atoms with Crippen LogP contribution in [0.3, 0.4) is 0 Å². The van der Waals surface area contributed by atoms with Crippen molar-refractivity contribution in [3.05, 3.63) is 52.5 Å². The molecule has 6 heteroatoms. The van der Waals surface area contributed by atoms with Gasteiger partial charge in [-0.25, -0.2) is 14.6 Å². The summed E-state index contributed by atoms with van der Waals surface area (Å²) in [6.45, 7) is 2.76. The van der Waals surface area contributed by atoms with E-state index in [1.807, 2.05) is 6.92 Å². The standard InChI is InChI=1S/C12H13N3O3/c1-2-14-6-7-15(12(14)18)8-9-4-3-5-10(13-9)11(16)17/h3-7H,2,8H2,1H3,(H,16,17). The Kier molecular flexibility index (Phi) is 3.27. The van der Waals surface area contributed by atoms with E-state index in [0.29, 0.717) is 12.2 Å². The number of aromatic nitrogens is 3. The fourth-order valence-electron chi connectivity index (χ4n) is 1.68. The third-order valence-corrected chi connectivity index (χ3v) is 2.62. The van der Waals surface area contributed by atoms with Gasteiger partial charge in [0, 0.05) is 18.9 Å². The van der Waals surface area contributed by atoms with E-state index in [2.05, 4.69) is 4.98 Å². The van der Waals surface area contributed by atoms with Gasteiger partial charge in [0.25, 0.3) is 0 Å². The Morgan fingerprint density at radius 3 is 2.67 bits per heavy atom. The number of nitrogens with zero attached hydrogens (tertiary/aromatic N) is 3. The largest absolute Gasteiger partial charge is 0.477 e. The third-order valence-electron chi connectivity index (χ3n) is 2.62. The Morgan fingerprint density at radius 1 is 1.33 bits per heavy atom. The summed E-state index contributed by atoms with van der Waals surface area (Å²) >= 11 is 0. The van der Waals surface area contributed by atoms with Gasteiger partial charge in [0.1, 0.15) is 5.69 Å². The second-order valence-corrected chi connectivity index (χ2v) is 3.81. The molecule has 0 amide bonds. The van der Waals surface area contributed by atoms with Crippen molar-refractivity contribution >= 4 is 5.97 Å². The Labute approximate surface area is 103 Å². The van der Waals surface area contributed by atoms with Crippen LogP contribution in [0.25, 0.3) is 0 Å². The van der Waals surface area contributed by atoms with Crippen molar-refractivity contribution < 1.29 is 9.90 Å². The van der Waals surface area contributed by atoms with Gasteiger partial charge in [0.2, 0.25) is 0 Å². The first-order chi connectivity index (χ1) is 8.61. The van der Waals surface area contributed by atoms with Gasteiger partial charge in [-0.2, -0.15) is 0 Å². The van der Waals surface area contributed by atoms with E-state index in [-0.39, 0.29) is 17.9 Å². The molecule has 6 nitrogen and oxygen atoms in total. The van der Waals surface area contributed by atoms with Crippen LogP contribution in [-0.4, -0.2) is 25.2 Å². The number of aryl methyl sites for hydroxylation is 1. The van der Waals surface area contributed by atoms with Gasteiger partial charge in [-0.1, -0.05) is 6.07 Å². The first-order valence-electron chi connectivity index (χ1n) is 5.56. The summed E-state index contributed by atoms with van der Waals surface area (Å²) < 4.78 is 3.07. The van der Waals surface area contributed by atoms with Crippen LogP contribution in [-0.2, 0) is 13.1 Å². The fourth-order valence-corrected chi connectivity index (χ4v) is 1.68. The molecule has 18 heavy (non-hydrogen) atoms. The summed E-state index contributed by atoms with van der Waals surface area (Å²) in [6, 6.07) is 4.74. The first kappa shape index (κ1) is 12.1. The van der Waals surface area contributed by atoms with Crippen molar-refractivity contribution in [2.24, 2.45) is 0 Å². The zero-order chi connectivity index (χ0) is 13.1. The predicted molar refractivity (Wildman–Crippen MR) is 64.7 cm³/mol. The van der Waals surface area contributed by atoms with Gasteiger partial charge in [0.15, 0.2) is 0 Å². The van der Waals surface area contributed by atoms with Crippen LogP contribution in [0.2, 0.25) is 0 Å². The molecular formula is C12H13N3O3. The highest BCUT2D eigenvalue weighted by molar-refractivity contribution is 5.85. The predicted octanol–water partition coefficient (Wildman–Crippen LogP) is 0.811. The fraction of sp³-hybridized carbons (Fsp3) is 0.250. The average molecular weight is 247 g/mol. The maximum Gasteiger partial charge on any atom is 0.354 e. The smallest absolute Gasteiger partial charge is 0.354 e. The molecule has 0 atom stereocenters. The number of pyridine rings is 1. The molecule has 2 aromatic heterocycles. The molecule has 0 saturated heterocycles. The first-order valence-corrected chi connectivity index (χ1v) is 5.56. The summed E-state index contributed by atoms with van der Waals surface area (Å²) in [6.07, 6.45) is 3.37. The maximum atomic E-state index is 11.8. The quantitative estimate of drug-likeness (QED) is 0.867. The third kappa shape index (κ3) is 2.32. The van der Waals surface area contributed by atoms with E-state index in [9.17, 15) is 9.59 Å². The van der Waals surface area contributed by atoms with Gasteiger partial charge in [-0.15, -0.1) is 0 Å². The van der Waals surface area contributed by atoms with E-state index >= 15 is 0 Å². The second kappa shape index (κ2) is 4.87. The van der Waals surface area contributed by atoms with Gasteiger partial charge in [-0.3, -0.25) is 9.13 Å². The molecule has 2 rings (SSSR count). The normalized spacial score (nSPS) is 10.5. The lowest BCUT2D eigenvalue weighted by molar-refractivity contribution is 0.0690. The summed E-state index contributed by atoms with van der Waals surface area (Å²) in [7, 11) is 0. The van der Waals surface area contributed by atoms with Crippen molar-refractivity contribution in [3.8, 4) is 0 Å². The number of aromatic carboxylic acids is 1.